The molecule has 5 heteroatoms. The van der Waals surface area contributed by atoms with Crippen LogP contribution in [0.1, 0.15) is 37.8 Å². The van der Waals surface area contributed by atoms with Crippen LogP contribution in [0.2, 0.25) is 0 Å². The average Bonchev–Trinajstić information content (AvgIpc) is 2.87. The summed E-state index contributed by atoms with van der Waals surface area (Å²) in [7, 11) is 0. The van der Waals surface area contributed by atoms with E-state index in [1.807, 2.05) is 35.9 Å². The van der Waals surface area contributed by atoms with E-state index in [1.54, 1.807) is 0 Å². The van der Waals surface area contributed by atoms with Crippen LogP contribution in [-0.2, 0) is 4.79 Å². The second kappa shape index (κ2) is 6.16. The minimum atomic E-state index is -0.0489. The molecule has 0 bridgehead atoms. The molecule has 21 heavy (non-hydrogen) atoms. The maximum absolute atomic E-state index is 12.0. The summed E-state index contributed by atoms with van der Waals surface area (Å²) < 4.78 is 7.55. The zero-order valence-corrected chi connectivity index (χ0v) is 12.3. The highest BCUT2D eigenvalue weighted by Crippen LogP contribution is 2.19. The monoisotopic (exact) mass is 287 g/mol. The van der Waals surface area contributed by atoms with Crippen LogP contribution < -0.4 is 10.1 Å². The summed E-state index contributed by atoms with van der Waals surface area (Å²) >= 11 is 0. The number of aromatic nitrogens is 2. The van der Waals surface area contributed by atoms with E-state index < -0.39 is 0 Å². The molecule has 2 heterocycles. The molecule has 5 nitrogen and oxygen atoms in total. The molecule has 1 saturated carbocycles. The van der Waals surface area contributed by atoms with Crippen LogP contribution in [0.3, 0.4) is 0 Å². The Labute approximate surface area is 124 Å². The van der Waals surface area contributed by atoms with Gasteiger partial charge in [0.15, 0.2) is 18.0 Å². The summed E-state index contributed by atoms with van der Waals surface area (Å²) in [6.45, 7) is 1.98. The third kappa shape index (κ3) is 3.35. The van der Waals surface area contributed by atoms with Crippen LogP contribution in [0.5, 0.6) is 5.75 Å². The van der Waals surface area contributed by atoms with Crippen molar-refractivity contribution in [3.05, 3.63) is 30.2 Å². The van der Waals surface area contributed by atoms with Crippen molar-refractivity contribution in [2.75, 3.05) is 6.61 Å². The van der Waals surface area contributed by atoms with Crippen molar-refractivity contribution in [2.24, 2.45) is 0 Å². The van der Waals surface area contributed by atoms with Gasteiger partial charge >= 0.3 is 0 Å². The Morgan fingerprint density at radius 1 is 1.43 bits per heavy atom. The standard InChI is InChI=1S/C16H21N3O2/c1-12-10-19-9-5-8-14(16(19)17-12)21-11-15(20)18-13-6-3-2-4-7-13/h5,8-10,13H,2-4,6-7,11H2,1H3,(H,18,20). The topological polar surface area (TPSA) is 55.6 Å². The zero-order chi connectivity index (χ0) is 14.7. The number of fused-ring (bicyclic) bond motifs is 1. The van der Waals surface area contributed by atoms with Gasteiger partial charge in [-0.05, 0) is 31.9 Å². The first-order valence-corrected chi connectivity index (χ1v) is 7.59. The van der Waals surface area contributed by atoms with Crippen molar-refractivity contribution in [2.45, 2.75) is 45.1 Å². The second-order valence-corrected chi connectivity index (χ2v) is 5.68. The van der Waals surface area contributed by atoms with E-state index in [-0.39, 0.29) is 12.5 Å². The van der Waals surface area contributed by atoms with Crippen molar-refractivity contribution in [1.29, 1.82) is 0 Å². The number of carbonyl (C=O) groups is 1. The number of imidazole rings is 1. The molecule has 0 aliphatic heterocycles. The van der Waals surface area contributed by atoms with E-state index >= 15 is 0 Å². The number of hydrogen-bond acceptors (Lipinski definition) is 3. The van der Waals surface area contributed by atoms with Crippen LogP contribution in [0.15, 0.2) is 24.5 Å². The van der Waals surface area contributed by atoms with Crippen molar-refractivity contribution in [3.8, 4) is 5.75 Å². The highest BCUT2D eigenvalue weighted by molar-refractivity contribution is 5.78. The Bertz CT molecular complexity index is 629. The van der Waals surface area contributed by atoms with E-state index in [2.05, 4.69) is 10.3 Å². The summed E-state index contributed by atoms with van der Waals surface area (Å²) in [5, 5.41) is 3.05. The Hall–Kier alpha value is -2.04. The van der Waals surface area contributed by atoms with Gasteiger partial charge in [0.2, 0.25) is 0 Å². The van der Waals surface area contributed by atoms with E-state index in [0.717, 1.165) is 24.2 Å². The Morgan fingerprint density at radius 3 is 3.05 bits per heavy atom. The van der Waals surface area contributed by atoms with Gasteiger partial charge < -0.3 is 14.5 Å². The van der Waals surface area contributed by atoms with Crippen molar-refractivity contribution < 1.29 is 9.53 Å². The Kier molecular flexibility index (Phi) is 4.08. The smallest absolute Gasteiger partial charge is 0.258 e. The molecular weight excluding hydrogens is 266 g/mol. The molecule has 1 fully saturated rings. The zero-order valence-electron chi connectivity index (χ0n) is 12.3. The van der Waals surface area contributed by atoms with E-state index in [9.17, 15) is 4.79 Å². The molecule has 1 aliphatic carbocycles. The lowest BCUT2D eigenvalue weighted by Gasteiger charge is -2.22. The Morgan fingerprint density at radius 2 is 2.24 bits per heavy atom. The van der Waals surface area contributed by atoms with Crippen molar-refractivity contribution >= 4 is 11.6 Å². The molecule has 112 valence electrons. The molecule has 0 atom stereocenters. The largest absolute Gasteiger partial charge is 0.480 e. The van der Waals surface area contributed by atoms with Gasteiger partial charge in [0, 0.05) is 18.4 Å². The molecule has 2 aromatic rings. The molecule has 2 aromatic heterocycles. The first-order valence-electron chi connectivity index (χ1n) is 7.59. The van der Waals surface area contributed by atoms with Gasteiger partial charge in [-0.25, -0.2) is 4.98 Å². The SMILES string of the molecule is Cc1cn2cccc(OCC(=O)NC3CCCCC3)c2n1. The van der Waals surface area contributed by atoms with Gasteiger partial charge in [0.1, 0.15) is 0 Å². The molecule has 0 aromatic carbocycles. The lowest BCUT2D eigenvalue weighted by atomic mass is 9.95. The molecule has 0 unspecified atom stereocenters. The molecule has 0 radical (unpaired) electrons. The summed E-state index contributed by atoms with van der Waals surface area (Å²) in [4.78, 5) is 16.4. The number of rotatable bonds is 4. The number of aryl methyl sites for hydroxylation is 1. The van der Waals surface area contributed by atoms with Crippen LogP contribution in [-0.4, -0.2) is 27.9 Å². The number of nitrogens with zero attached hydrogens (tertiary/aromatic N) is 2. The minimum absolute atomic E-state index is 0.0437. The summed E-state index contributed by atoms with van der Waals surface area (Å²) in [5.41, 5.74) is 1.68. The van der Waals surface area contributed by atoms with Crippen LogP contribution in [0, 0.1) is 6.92 Å². The fourth-order valence-corrected chi connectivity index (χ4v) is 2.88. The Balaban J connectivity index is 1.59. The molecular formula is C16H21N3O2. The fourth-order valence-electron chi connectivity index (χ4n) is 2.88. The fraction of sp³-hybridized carbons (Fsp3) is 0.500. The van der Waals surface area contributed by atoms with Crippen LogP contribution in [0.4, 0.5) is 0 Å². The normalized spacial score (nSPS) is 16.0. The van der Waals surface area contributed by atoms with Crippen LogP contribution in [0.25, 0.3) is 5.65 Å². The second-order valence-electron chi connectivity index (χ2n) is 5.68. The molecule has 1 N–H and O–H groups in total. The van der Waals surface area contributed by atoms with Crippen molar-refractivity contribution in [1.82, 2.24) is 14.7 Å². The number of hydrogen-bond donors (Lipinski definition) is 1. The van der Waals surface area contributed by atoms with Gasteiger partial charge in [-0.2, -0.15) is 0 Å². The maximum Gasteiger partial charge on any atom is 0.258 e. The number of nitrogens with one attached hydrogen (secondary N) is 1. The van der Waals surface area contributed by atoms with E-state index in [4.69, 9.17) is 4.74 Å². The first-order chi connectivity index (χ1) is 10.2. The third-order valence-electron chi connectivity index (χ3n) is 3.90. The van der Waals surface area contributed by atoms with Crippen LogP contribution >= 0.6 is 0 Å². The van der Waals surface area contributed by atoms with Gasteiger partial charge in [-0.15, -0.1) is 0 Å². The first kappa shape index (κ1) is 13.9. The molecule has 0 spiro atoms. The van der Waals surface area contributed by atoms with Gasteiger partial charge in [-0.1, -0.05) is 19.3 Å². The molecule has 1 aliphatic rings. The van der Waals surface area contributed by atoms with E-state index in [0.29, 0.717) is 11.8 Å². The predicted octanol–water partition coefficient (Wildman–Crippen LogP) is 2.47. The number of carbonyl (C=O) groups excluding carboxylic acids is 1. The number of ether oxygens (including phenoxy) is 1. The third-order valence-corrected chi connectivity index (χ3v) is 3.90. The quantitative estimate of drug-likeness (QED) is 0.940. The maximum atomic E-state index is 12.0. The average molecular weight is 287 g/mol. The summed E-state index contributed by atoms with van der Waals surface area (Å²) in [6, 6.07) is 4.05. The molecule has 3 rings (SSSR count). The van der Waals surface area contributed by atoms with Gasteiger partial charge in [0.05, 0.1) is 5.69 Å². The number of amides is 1. The van der Waals surface area contributed by atoms with Crippen molar-refractivity contribution in [3.63, 3.8) is 0 Å². The minimum Gasteiger partial charge on any atom is -0.480 e. The number of pyridine rings is 1. The molecule has 0 saturated heterocycles. The summed E-state index contributed by atoms with van der Waals surface area (Å²) in [6.07, 6.45) is 9.72. The lowest BCUT2D eigenvalue weighted by molar-refractivity contribution is -0.124. The van der Waals surface area contributed by atoms with E-state index in [1.165, 1.54) is 19.3 Å². The summed E-state index contributed by atoms with van der Waals surface area (Å²) in [5.74, 6) is 0.594. The van der Waals surface area contributed by atoms with Gasteiger partial charge in [-0.3, -0.25) is 4.79 Å². The highest BCUT2D eigenvalue weighted by Gasteiger charge is 2.16. The predicted molar refractivity (Wildman–Crippen MR) is 80.4 cm³/mol. The molecule has 1 amide bonds. The lowest BCUT2D eigenvalue weighted by Crippen LogP contribution is -2.39. The van der Waals surface area contributed by atoms with Gasteiger partial charge in [0.25, 0.3) is 5.91 Å². The highest BCUT2D eigenvalue weighted by atomic mass is 16.5.